The van der Waals surface area contributed by atoms with Crippen LogP contribution in [0, 0.1) is 17.5 Å². The predicted molar refractivity (Wildman–Crippen MR) is 131 cm³/mol. The highest BCUT2D eigenvalue weighted by Crippen LogP contribution is 2.33. The van der Waals surface area contributed by atoms with Gasteiger partial charge >= 0.3 is 6.09 Å². The molecule has 2 aromatic carbocycles. The zero-order chi connectivity index (χ0) is 26.7. The van der Waals surface area contributed by atoms with Crippen LogP contribution < -0.4 is 5.32 Å². The van der Waals surface area contributed by atoms with Gasteiger partial charge in [-0.3, -0.25) is 4.79 Å². The van der Waals surface area contributed by atoms with E-state index >= 15 is 0 Å². The summed E-state index contributed by atoms with van der Waals surface area (Å²) in [7, 11) is 0. The second kappa shape index (κ2) is 10.7. The Hall–Kier alpha value is -3.82. The first-order valence-corrected chi connectivity index (χ1v) is 12.1. The Labute approximate surface area is 213 Å². The van der Waals surface area contributed by atoms with Crippen LogP contribution in [0.4, 0.5) is 18.0 Å². The Morgan fingerprint density at radius 3 is 2.30 bits per heavy atom. The Balaban J connectivity index is 1.59. The molecule has 1 N–H and O–H groups in total. The minimum atomic E-state index is -0.811. The molecule has 2 heterocycles. The summed E-state index contributed by atoms with van der Waals surface area (Å²) < 4.78 is 48.3. The number of carbonyl (C=O) groups excluding carboxylic acids is 2. The van der Waals surface area contributed by atoms with Gasteiger partial charge in [-0.15, -0.1) is 0 Å². The Bertz CT molecular complexity index is 1280. The van der Waals surface area contributed by atoms with Crippen LogP contribution >= 0.6 is 0 Å². The van der Waals surface area contributed by atoms with Gasteiger partial charge in [0, 0.05) is 31.6 Å². The number of piperidine rings is 1. The molecule has 0 aliphatic carbocycles. The fourth-order valence-corrected chi connectivity index (χ4v) is 4.31. The third kappa shape index (κ3) is 6.31. The van der Waals surface area contributed by atoms with Crippen molar-refractivity contribution in [2.24, 2.45) is 0 Å². The number of hydrogen-bond donors (Lipinski definition) is 1. The summed E-state index contributed by atoms with van der Waals surface area (Å²) in [5, 5.41) is 7.08. The number of likely N-dealkylation sites (tertiary alicyclic amines) is 1. The molecule has 2 amide bonds. The van der Waals surface area contributed by atoms with Crippen LogP contribution in [0.3, 0.4) is 0 Å². The topological polar surface area (TPSA) is 76.5 Å². The quantitative estimate of drug-likeness (QED) is 0.499. The molecular formula is C27H29F3N4O3. The molecule has 1 aliphatic heterocycles. The van der Waals surface area contributed by atoms with E-state index in [-0.39, 0.29) is 29.5 Å². The number of ether oxygens (including phenoxy) is 1. The summed E-state index contributed by atoms with van der Waals surface area (Å²) in [5.74, 6) is -2.57. The lowest BCUT2D eigenvalue weighted by Crippen LogP contribution is -2.41. The molecule has 7 nitrogen and oxygen atoms in total. The molecule has 37 heavy (non-hydrogen) atoms. The fraction of sp³-hybridized carbons (Fsp3) is 0.370. The first-order chi connectivity index (χ1) is 17.5. The SMILES string of the molecule is CC(C)(C)OC(=O)N1CCC(c2c(C(=O)NCc3ccc(F)cc3)cnn2-c2ccc(F)cc2F)CC1. The first-order valence-electron chi connectivity index (χ1n) is 12.1. The van der Waals surface area contributed by atoms with Crippen LogP contribution in [0.2, 0.25) is 0 Å². The van der Waals surface area contributed by atoms with Crippen molar-refractivity contribution in [3.8, 4) is 5.69 Å². The minimum absolute atomic E-state index is 0.0172. The van der Waals surface area contributed by atoms with Gasteiger partial charge in [0.1, 0.15) is 22.9 Å². The van der Waals surface area contributed by atoms with E-state index in [9.17, 15) is 22.8 Å². The number of aromatic nitrogens is 2. The van der Waals surface area contributed by atoms with E-state index in [1.54, 1.807) is 37.8 Å². The van der Waals surface area contributed by atoms with Crippen molar-refractivity contribution in [2.75, 3.05) is 13.1 Å². The molecule has 4 rings (SSSR count). The third-order valence-corrected chi connectivity index (χ3v) is 6.09. The van der Waals surface area contributed by atoms with E-state index in [1.807, 2.05) is 0 Å². The number of nitrogens with one attached hydrogen (secondary N) is 1. The van der Waals surface area contributed by atoms with Gasteiger partial charge in [-0.25, -0.2) is 22.6 Å². The molecule has 0 saturated carbocycles. The number of halogens is 3. The van der Waals surface area contributed by atoms with Crippen LogP contribution in [0.1, 0.15) is 61.1 Å². The lowest BCUT2D eigenvalue weighted by atomic mass is 9.90. The lowest BCUT2D eigenvalue weighted by molar-refractivity contribution is 0.0203. The van der Waals surface area contributed by atoms with Gasteiger partial charge in [-0.2, -0.15) is 5.10 Å². The minimum Gasteiger partial charge on any atom is -0.444 e. The first kappa shape index (κ1) is 26.2. The summed E-state index contributed by atoms with van der Waals surface area (Å²) in [4.78, 5) is 27.3. The second-order valence-electron chi connectivity index (χ2n) is 10.0. The van der Waals surface area contributed by atoms with Gasteiger partial charge in [-0.05, 0) is 63.4 Å². The number of carbonyl (C=O) groups is 2. The molecule has 0 spiro atoms. The molecule has 196 valence electrons. The van der Waals surface area contributed by atoms with E-state index in [2.05, 4.69) is 10.4 Å². The second-order valence-corrected chi connectivity index (χ2v) is 10.0. The molecule has 0 unspecified atom stereocenters. The number of benzene rings is 2. The van der Waals surface area contributed by atoms with Gasteiger partial charge in [0.15, 0.2) is 5.82 Å². The van der Waals surface area contributed by atoms with Gasteiger partial charge in [0.05, 0.1) is 17.5 Å². The third-order valence-electron chi connectivity index (χ3n) is 6.09. The molecular weight excluding hydrogens is 485 g/mol. The van der Waals surface area contributed by atoms with Crippen LogP contribution in [-0.2, 0) is 11.3 Å². The lowest BCUT2D eigenvalue weighted by Gasteiger charge is -2.34. The number of rotatable bonds is 5. The van der Waals surface area contributed by atoms with E-state index in [0.29, 0.717) is 37.2 Å². The van der Waals surface area contributed by atoms with Gasteiger partial charge in [0.2, 0.25) is 0 Å². The van der Waals surface area contributed by atoms with Crippen molar-refractivity contribution in [2.45, 2.75) is 51.7 Å². The molecule has 3 aromatic rings. The molecule has 0 radical (unpaired) electrons. The van der Waals surface area contributed by atoms with Gasteiger partial charge in [0.25, 0.3) is 5.91 Å². The summed E-state index contributed by atoms with van der Waals surface area (Å²) >= 11 is 0. The van der Waals surface area contributed by atoms with Crippen LogP contribution in [0.15, 0.2) is 48.7 Å². The Morgan fingerprint density at radius 2 is 1.68 bits per heavy atom. The summed E-state index contributed by atoms with van der Waals surface area (Å²) in [5.41, 5.74) is 0.831. The molecule has 0 atom stereocenters. The van der Waals surface area contributed by atoms with E-state index in [1.165, 1.54) is 29.1 Å². The predicted octanol–water partition coefficient (Wildman–Crippen LogP) is 5.33. The van der Waals surface area contributed by atoms with Crippen LogP contribution in [-0.4, -0.2) is 45.4 Å². The van der Waals surface area contributed by atoms with Crippen LogP contribution in [0.5, 0.6) is 0 Å². The van der Waals surface area contributed by atoms with Crippen LogP contribution in [0.25, 0.3) is 5.69 Å². The van der Waals surface area contributed by atoms with Crippen molar-refractivity contribution in [3.05, 3.63) is 82.9 Å². The molecule has 10 heteroatoms. The van der Waals surface area contributed by atoms with Crippen molar-refractivity contribution in [1.82, 2.24) is 20.0 Å². The molecule has 1 aromatic heterocycles. The maximum absolute atomic E-state index is 14.7. The molecule has 1 saturated heterocycles. The molecule has 1 fully saturated rings. The van der Waals surface area contributed by atoms with Gasteiger partial charge < -0.3 is 15.0 Å². The van der Waals surface area contributed by atoms with Crippen molar-refractivity contribution in [3.63, 3.8) is 0 Å². The van der Waals surface area contributed by atoms with Crippen molar-refractivity contribution in [1.29, 1.82) is 0 Å². The average molecular weight is 515 g/mol. The number of nitrogens with zero attached hydrogens (tertiary/aromatic N) is 3. The molecule has 1 aliphatic rings. The maximum Gasteiger partial charge on any atom is 0.410 e. The van der Waals surface area contributed by atoms with E-state index in [0.717, 1.165) is 12.1 Å². The highest BCUT2D eigenvalue weighted by molar-refractivity contribution is 5.95. The largest absolute Gasteiger partial charge is 0.444 e. The van der Waals surface area contributed by atoms with E-state index in [4.69, 9.17) is 4.74 Å². The monoisotopic (exact) mass is 514 g/mol. The summed E-state index contributed by atoms with van der Waals surface area (Å²) in [6.07, 6.45) is 1.93. The van der Waals surface area contributed by atoms with Crippen molar-refractivity contribution < 1.29 is 27.5 Å². The summed E-state index contributed by atoms with van der Waals surface area (Å²) in [6.45, 7) is 6.31. The molecule has 0 bridgehead atoms. The average Bonchev–Trinajstić information content (AvgIpc) is 3.27. The number of amides is 2. The highest BCUT2D eigenvalue weighted by Gasteiger charge is 2.32. The smallest absolute Gasteiger partial charge is 0.410 e. The van der Waals surface area contributed by atoms with E-state index < -0.39 is 29.2 Å². The zero-order valence-corrected chi connectivity index (χ0v) is 20.9. The Morgan fingerprint density at radius 1 is 1.03 bits per heavy atom. The summed E-state index contributed by atoms with van der Waals surface area (Å²) in [6, 6.07) is 8.92. The Kier molecular flexibility index (Phi) is 7.56. The van der Waals surface area contributed by atoms with Gasteiger partial charge in [-0.1, -0.05) is 12.1 Å². The normalized spacial score (nSPS) is 14.5. The fourth-order valence-electron chi connectivity index (χ4n) is 4.31. The standard InChI is InChI=1S/C27H29F3N4O3/c1-27(2,3)37-26(36)33-12-10-18(11-13-33)24-21(25(35)31-15-17-4-6-19(28)7-5-17)16-32-34(24)23-9-8-20(29)14-22(23)30/h4-9,14,16,18H,10-13,15H2,1-3H3,(H,31,35). The highest BCUT2D eigenvalue weighted by atomic mass is 19.1. The zero-order valence-electron chi connectivity index (χ0n) is 20.9. The van der Waals surface area contributed by atoms with Crippen molar-refractivity contribution >= 4 is 12.0 Å². The maximum atomic E-state index is 14.7. The number of hydrogen-bond acceptors (Lipinski definition) is 4.